The first-order valence-corrected chi connectivity index (χ1v) is 11.8. The zero-order valence-corrected chi connectivity index (χ0v) is 18.9. The number of aryl methyl sites for hydroxylation is 1. The number of esters is 1. The van der Waals surface area contributed by atoms with Gasteiger partial charge >= 0.3 is 5.97 Å². The monoisotopic (exact) mass is 448 g/mol. The van der Waals surface area contributed by atoms with Crippen molar-refractivity contribution in [3.05, 3.63) is 65.5 Å². The van der Waals surface area contributed by atoms with Crippen molar-refractivity contribution >= 4 is 16.0 Å². The number of piperidine rings is 1. The molecular weight excluding hydrogens is 419 g/mol. The average molecular weight is 449 g/mol. The number of likely N-dealkylation sites (tertiary alicyclic amines) is 1. The topological polar surface area (TPSA) is 75.7 Å². The number of carbonyl (C=O) groups excluding carboxylic acids is 1. The molecule has 1 unspecified atom stereocenters. The molecule has 1 atom stereocenters. The molecule has 0 aromatic heterocycles. The van der Waals surface area contributed by atoms with E-state index in [1.165, 1.54) is 31.7 Å². The standard InChI is InChI=1S/C23H29FN2O4S/c1-17-15-20(9-10-21(17)24)31(28,29)25-23(2,22(27)30-3)19-11-13-26(14-12-19)16-18-7-5-4-6-8-18/h4-10,15,19,25H,11-14,16H2,1-3H3. The van der Waals surface area contributed by atoms with Gasteiger partial charge in [0.1, 0.15) is 11.4 Å². The molecule has 3 rings (SSSR count). The van der Waals surface area contributed by atoms with Crippen LogP contribution in [-0.4, -0.2) is 45.0 Å². The molecular formula is C23H29FN2O4S. The summed E-state index contributed by atoms with van der Waals surface area (Å²) < 4.78 is 47.2. The Bertz CT molecular complexity index is 1020. The third-order valence-corrected chi connectivity index (χ3v) is 7.62. The van der Waals surface area contributed by atoms with Crippen molar-refractivity contribution in [1.29, 1.82) is 0 Å². The number of rotatable bonds is 7. The molecule has 8 heteroatoms. The lowest BCUT2D eigenvalue weighted by atomic mass is 9.79. The van der Waals surface area contributed by atoms with Crippen LogP contribution in [-0.2, 0) is 26.1 Å². The van der Waals surface area contributed by atoms with Gasteiger partial charge in [0.05, 0.1) is 12.0 Å². The van der Waals surface area contributed by atoms with Crippen molar-refractivity contribution in [2.45, 2.75) is 43.7 Å². The Balaban J connectivity index is 1.76. The summed E-state index contributed by atoms with van der Waals surface area (Å²) in [4.78, 5) is 14.9. The Kier molecular flexibility index (Phi) is 7.13. The van der Waals surface area contributed by atoms with E-state index >= 15 is 0 Å². The maximum atomic E-state index is 13.6. The number of methoxy groups -OCH3 is 1. The quantitative estimate of drug-likeness (QED) is 0.658. The van der Waals surface area contributed by atoms with Crippen molar-refractivity contribution in [2.75, 3.05) is 20.2 Å². The second-order valence-corrected chi connectivity index (χ2v) is 9.93. The van der Waals surface area contributed by atoms with Gasteiger partial charge < -0.3 is 4.74 Å². The molecule has 0 aliphatic carbocycles. The van der Waals surface area contributed by atoms with Gasteiger partial charge in [-0.3, -0.25) is 9.69 Å². The Labute approximate surface area is 183 Å². The Morgan fingerprint density at radius 3 is 2.42 bits per heavy atom. The fourth-order valence-corrected chi connectivity index (χ4v) is 5.64. The highest BCUT2D eigenvalue weighted by atomic mass is 32.2. The van der Waals surface area contributed by atoms with Crippen LogP contribution in [0.4, 0.5) is 4.39 Å². The summed E-state index contributed by atoms with van der Waals surface area (Å²) in [6, 6.07) is 13.7. The van der Waals surface area contributed by atoms with E-state index in [9.17, 15) is 17.6 Å². The lowest BCUT2D eigenvalue weighted by Gasteiger charge is -2.41. The molecule has 1 heterocycles. The van der Waals surface area contributed by atoms with Crippen LogP contribution in [0.15, 0.2) is 53.4 Å². The first kappa shape index (κ1) is 23.4. The summed E-state index contributed by atoms with van der Waals surface area (Å²) in [5, 5.41) is 0. The second kappa shape index (κ2) is 9.46. The maximum absolute atomic E-state index is 13.6. The van der Waals surface area contributed by atoms with Crippen molar-refractivity contribution < 1.29 is 22.3 Å². The molecule has 1 N–H and O–H groups in total. The van der Waals surface area contributed by atoms with Gasteiger partial charge in [0.25, 0.3) is 0 Å². The molecule has 31 heavy (non-hydrogen) atoms. The second-order valence-electron chi connectivity index (χ2n) is 8.25. The van der Waals surface area contributed by atoms with Gasteiger partial charge in [-0.25, -0.2) is 12.8 Å². The first-order valence-electron chi connectivity index (χ1n) is 10.3. The number of hydrogen-bond donors (Lipinski definition) is 1. The summed E-state index contributed by atoms with van der Waals surface area (Å²) in [5.41, 5.74) is 0.00950. The van der Waals surface area contributed by atoms with Gasteiger partial charge in [0, 0.05) is 6.54 Å². The minimum Gasteiger partial charge on any atom is -0.468 e. The minimum atomic E-state index is -4.05. The predicted octanol–water partition coefficient (Wildman–Crippen LogP) is 3.26. The minimum absolute atomic E-state index is 0.0805. The fourth-order valence-electron chi connectivity index (χ4n) is 4.14. The van der Waals surface area contributed by atoms with Crippen LogP contribution in [0.5, 0.6) is 0 Å². The molecule has 0 amide bonds. The smallest absolute Gasteiger partial charge is 0.327 e. The van der Waals surface area contributed by atoms with Crippen molar-refractivity contribution in [1.82, 2.24) is 9.62 Å². The predicted molar refractivity (Wildman–Crippen MR) is 116 cm³/mol. The highest BCUT2D eigenvalue weighted by Crippen LogP contribution is 2.32. The molecule has 1 aliphatic rings. The highest BCUT2D eigenvalue weighted by molar-refractivity contribution is 7.89. The molecule has 0 spiro atoms. The van der Waals surface area contributed by atoms with Crippen molar-refractivity contribution in [3.63, 3.8) is 0 Å². The molecule has 2 aromatic carbocycles. The Morgan fingerprint density at radius 1 is 1.19 bits per heavy atom. The molecule has 1 fully saturated rings. The summed E-state index contributed by atoms with van der Waals surface area (Å²) in [6.07, 6.45) is 1.28. The number of hydrogen-bond acceptors (Lipinski definition) is 5. The summed E-state index contributed by atoms with van der Waals surface area (Å²) >= 11 is 0. The Hall–Kier alpha value is -2.29. The number of halogens is 1. The SMILES string of the molecule is COC(=O)C(C)(NS(=O)(=O)c1ccc(F)c(C)c1)C1CCN(Cc2ccccc2)CC1. The van der Waals surface area contributed by atoms with E-state index in [2.05, 4.69) is 21.8 Å². The van der Waals surface area contributed by atoms with Crippen LogP contribution >= 0.6 is 0 Å². The lowest BCUT2D eigenvalue weighted by Crippen LogP contribution is -2.59. The van der Waals surface area contributed by atoms with E-state index in [0.717, 1.165) is 25.7 Å². The van der Waals surface area contributed by atoms with Crippen molar-refractivity contribution in [3.8, 4) is 0 Å². The van der Waals surface area contributed by atoms with Gasteiger partial charge in [-0.15, -0.1) is 0 Å². The largest absolute Gasteiger partial charge is 0.468 e. The number of carbonyl (C=O) groups is 1. The normalized spacial score (nSPS) is 17.8. The molecule has 1 aliphatic heterocycles. The van der Waals surface area contributed by atoms with E-state index in [0.29, 0.717) is 12.8 Å². The third kappa shape index (κ3) is 5.31. The van der Waals surface area contributed by atoms with E-state index < -0.39 is 27.3 Å². The van der Waals surface area contributed by atoms with Gasteiger partial charge in [-0.05, 0) is 75.0 Å². The lowest BCUT2D eigenvalue weighted by molar-refractivity contribution is -0.150. The number of nitrogens with one attached hydrogen (secondary N) is 1. The van der Waals surface area contributed by atoms with E-state index in [1.807, 2.05) is 18.2 Å². The molecule has 0 bridgehead atoms. The van der Waals surface area contributed by atoms with E-state index in [4.69, 9.17) is 4.74 Å². The molecule has 1 saturated heterocycles. The third-order valence-electron chi connectivity index (χ3n) is 6.05. The summed E-state index contributed by atoms with van der Waals surface area (Å²) in [7, 11) is -2.80. The van der Waals surface area contributed by atoms with Gasteiger partial charge in [-0.2, -0.15) is 4.72 Å². The summed E-state index contributed by atoms with van der Waals surface area (Å²) in [5.74, 6) is -1.35. The summed E-state index contributed by atoms with van der Waals surface area (Å²) in [6.45, 7) is 5.36. The van der Waals surface area contributed by atoms with Gasteiger partial charge in [0.15, 0.2) is 0 Å². The first-order chi connectivity index (χ1) is 14.7. The van der Waals surface area contributed by atoms with E-state index in [1.54, 1.807) is 6.92 Å². The number of ether oxygens (including phenoxy) is 1. The highest BCUT2D eigenvalue weighted by Gasteiger charge is 2.46. The van der Waals surface area contributed by atoms with Crippen LogP contribution in [0, 0.1) is 18.7 Å². The van der Waals surface area contributed by atoms with Gasteiger partial charge in [0.2, 0.25) is 10.0 Å². The number of sulfonamides is 1. The maximum Gasteiger partial charge on any atom is 0.327 e. The molecule has 0 radical (unpaired) electrons. The van der Waals surface area contributed by atoms with E-state index in [-0.39, 0.29) is 16.4 Å². The van der Waals surface area contributed by atoms with Crippen LogP contribution in [0.3, 0.4) is 0 Å². The molecule has 6 nitrogen and oxygen atoms in total. The number of nitrogens with zero attached hydrogens (tertiary/aromatic N) is 1. The molecule has 2 aromatic rings. The van der Waals surface area contributed by atoms with Crippen LogP contribution in [0.1, 0.15) is 30.9 Å². The van der Waals surface area contributed by atoms with Gasteiger partial charge in [-0.1, -0.05) is 30.3 Å². The molecule has 168 valence electrons. The average Bonchev–Trinajstić information content (AvgIpc) is 2.75. The zero-order chi connectivity index (χ0) is 22.6. The fraction of sp³-hybridized carbons (Fsp3) is 0.435. The van der Waals surface area contributed by atoms with Crippen LogP contribution in [0.2, 0.25) is 0 Å². The van der Waals surface area contributed by atoms with Crippen LogP contribution < -0.4 is 4.72 Å². The van der Waals surface area contributed by atoms with Crippen LogP contribution in [0.25, 0.3) is 0 Å². The van der Waals surface area contributed by atoms with Crippen molar-refractivity contribution in [2.24, 2.45) is 5.92 Å². The number of benzene rings is 2. The zero-order valence-electron chi connectivity index (χ0n) is 18.1. The Morgan fingerprint density at radius 2 is 1.84 bits per heavy atom. The molecule has 0 saturated carbocycles.